The maximum Gasteiger partial charge on any atom is 0.141 e. The molecule has 9 heteroatoms. The molecule has 0 aliphatic carbocycles. The quantitative estimate of drug-likeness (QED) is 0.484. The molecule has 3 rings (SSSR count). The van der Waals surface area contributed by atoms with Crippen LogP contribution in [0.15, 0.2) is 30.7 Å². The van der Waals surface area contributed by atoms with Crippen LogP contribution in [0.2, 0.25) is 5.02 Å². The highest BCUT2D eigenvalue weighted by atomic mass is 35.5. The fourth-order valence-corrected chi connectivity index (χ4v) is 3.61. The monoisotopic (exact) mass is 435 g/mol. The Kier molecular flexibility index (Phi) is 6.37. The lowest BCUT2D eigenvalue weighted by atomic mass is 9.94. The molecule has 0 aliphatic rings. The number of nitrogens with zero attached hydrogens (tertiary/aromatic N) is 4. The molecule has 1 aromatic carbocycles. The predicted octanol–water partition coefficient (Wildman–Crippen LogP) is 4.52. The molecule has 1 atom stereocenters. The van der Waals surface area contributed by atoms with E-state index >= 15 is 0 Å². The highest BCUT2D eigenvalue weighted by Gasteiger charge is 2.22. The molecule has 3 aromatic rings. The topological polar surface area (TPSA) is 134 Å². The molecule has 0 radical (unpaired) electrons. The first-order valence-electron chi connectivity index (χ1n) is 9.44. The van der Waals surface area contributed by atoms with Gasteiger partial charge in [-0.3, -0.25) is 0 Å². The molecule has 1 unspecified atom stereocenters. The van der Waals surface area contributed by atoms with Gasteiger partial charge < -0.3 is 21.2 Å². The van der Waals surface area contributed by atoms with Gasteiger partial charge in [0, 0.05) is 33.6 Å². The lowest BCUT2D eigenvalue weighted by Gasteiger charge is -2.23. The fourth-order valence-electron chi connectivity index (χ4n) is 3.40. The number of nitrogens with one attached hydrogen (secondary N) is 2. The second-order valence-corrected chi connectivity index (χ2v) is 7.41. The van der Waals surface area contributed by atoms with Crippen molar-refractivity contribution in [1.82, 2.24) is 15.0 Å². The third-order valence-electron chi connectivity index (χ3n) is 4.95. The first-order valence-corrected chi connectivity index (χ1v) is 9.82. The van der Waals surface area contributed by atoms with Crippen molar-refractivity contribution < 1.29 is 4.74 Å². The minimum Gasteiger partial charge on any atom is -0.496 e. The number of methoxy groups -OCH3 is 1. The van der Waals surface area contributed by atoms with Crippen LogP contribution >= 0.6 is 11.6 Å². The van der Waals surface area contributed by atoms with Crippen molar-refractivity contribution >= 4 is 28.9 Å². The minimum absolute atomic E-state index is 0.232. The highest BCUT2D eigenvalue weighted by Crippen LogP contribution is 2.42. The van der Waals surface area contributed by atoms with Crippen molar-refractivity contribution in [3.8, 4) is 22.9 Å². The van der Waals surface area contributed by atoms with Gasteiger partial charge in [-0.2, -0.15) is 5.26 Å². The van der Waals surface area contributed by atoms with Crippen molar-refractivity contribution in [3.63, 3.8) is 0 Å². The zero-order chi connectivity index (χ0) is 22.7. The highest BCUT2D eigenvalue weighted by molar-refractivity contribution is 6.32. The number of benzene rings is 1. The van der Waals surface area contributed by atoms with E-state index in [4.69, 9.17) is 32.7 Å². The van der Waals surface area contributed by atoms with Gasteiger partial charge in [0.2, 0.25) is 0 Å². The van der Waals surface area contributed by atoms with E-state index in [2.05, 4.69) is 20.3 Å². The van der Waals surface area contributed by atoms with Crippen molar-refractivity contribution in [3.05, 3.63) is 58.1 Å². The Labute approximate surface area is 185 Å². The van der Waals surface area contributed by atoms with Gasteiger partial charge in [-0.15, -0.1) is 0 Å². The number of rotatable bonds is 6. The largest absolute Gasteiger partial charge is 0.496 e. The molecule has 158 valence electrons. The van der Waals surface area contributed by atoms with E-state index in [9.17, 15) is 0 Å². The predicted molar refractivity (Wildman–Crippen MR) is 122 cm³/mol. The Bertz CT molecular complexity index is 1190. The van der Waals surface area contributed by atoms with Crippen molar-refractivity contribution in [2.24, 2.45) is 0 Å². The van der Waals surface area contributed by atoms with E-state index in [1.54, 1.807) is 26.3 Å². The maximum atomic E-state index is 9.04. The van der Waals surface area contributed by atoms with Crippen LogP contribution < -0.4 is 15.8 Å². The first-order chi connectivity index (χ1) is 14.8. The number of nitrogen functional groups attached to an aromatic ring is 1. The van der Waals surface area contributed by atoms with E-state index in [-0.39, 0.29) is 17.6 Å². The molecule has 0 fully saturated rings. The molecular formula is C22H22ClN7O. The summed E-state index contributed by atoms with van der Waals surface area (Å²) in [5.74, 6) is 1.31. The van der Waals surface area contributed by atoms with E-state index in [0.29, 0.717) is 27.8 Å². The number of aromatic nitrogens is 3. The summed E-state index contributed by atoms with van der Waals surface area (Å²) >= 11 is 6.57. The zero-order valence-electron chi connectivity index (χ0n) is 17.6. The Morgan fingerprint density at radius 3 is 2.65 bits per heavy atom. The van der Waals surface area contributed by atoms with Crippen molar-refractivity contribution in [2.75, 3.05) is 18.2 Å². The Hall–Kier alpha value is -3.70. The van der Waals surface area contributed by atoms with Gasteiger partial charge in [0.25, 0.3) is 0 Å². The second kappa shape index (κ2) is 8.98. The number of hydrogen-bond acceptors (Lipinski definition) is 8. The summed E-state index contributed by atoms with van der Waals surface area (Å²) in [6.07, 6.45) is 2.98. The van der Waals surface area contributed by atoms with Crippen molar-refractivity contribution in [1.29, 1.82) is 10.7 Å². The van der Waals surface area contributed by atoms with Crippen LogP contribution in [0.3, 0.4) is 0 Å². The summed E-state index contributed by atoms with van der Waals surface area (Å²) in [4.78, 5) is 12.4. The number of nitriles is 1. The Balaban J connectivity index is 2.12. The third kappa shape index (κ3) is 4.27. The van der Waals surface area contributed by atoms with Crippen LogP contribution in [0.25, 0.3) is 11.1 Å². The molecule has 0 spiro atoms. The van der Waals surface area contributed by atoms with Crippen LogP contribution in [0.4, 0.5) is 11.6 Å². The van der Waals surface area contributed by atoms with Gasteiger partial charge in [-0.05, 0) is 44.5 Å². The molecule has 4 N–H and O–H groups in total. The molecule has 2 heterocycles. The van der Waals surface area contributed by atoms with Gasteiger partial charge in [-0.1, -0.05) is 11.6 Å². The summed E-state index contributed by atoms with van der Waals surface area (Å²) in [7, 11) is 1.59. The van der Waals surface area contributed by atoms with Gasteiger partial charge in [0.05, 0.1) is 18.7 Å². The van der Waals surface area contributed by atoms with Crippen LogP contribution in [-0.4, -0.2) is 27.8 Å². The van der Waals surface area contributed by atoms with Gasteiger partial charge in [0.15, 0.2) is 0 Å². The molecule has 0 saturated heterocycles. The van der Waals surface area contributed by atoms with E-state index in [1.165, 1.54) is 6.33 Å². The third-order valence-corrected chi connectivity index (χ3v) is 5.34. The number of halogens is 1. The first kappa shape index (κ1) is 22.0. The molecule has 0 amide bonds. The summed E-state index contributed by atoms with van der Waals surface area (Å²) < 4.78 is 5.79. The zero-order valence-corrected chi connectivity index (χ0v) is 18.4. The Morgan fingerprint density at radius 2 is 2.06 bits per heavy atom. The van der Waals surface area contributed by atoms with Crippen LogP contribution in [0, 0.1) is 23.7 Å². The maximum absolute atomic E-state index is 9.04. The van der Waals surface area contributed by atoms with E-state index < -0.39 is 0 Å². The fraction of sp³-hybridized carbons (Fsp3) is 0.227. The molecule has 0 bridgehead atoms. The number of pyridine rings is 1. The Morgan fingerprint density at radius 1 is 1.32 bits per heavy atom. The molecule has 8 nitrogen and oxygen atoms in total. The average molecular weight is 436 g/mol. The van der Waals surface area contributed by atoms with Gasteiger partial charge in [0.1, 0.15) is 35.5 Å². The lowest BCUT2D eigenvalue weighted by molar-refractivity contribution is 0.409. The van der Waals surface area contributed by atoms with Gasteiger partial charge >= 0.3 is 0 Å². The van der Waals surface area contributed by atoms with Gasteiger partial charge in [-0.25, -0.2) is 15.0 Å². The lowest BCUT2D eigenvalue weighted by Crippen LogP contribution is -2.15. The summed E-state index contributed by atoms with van der Waals surface area (Å²) in [5, 5.41) is 20.9. The van der Waals surface area contributed by atoms with E-state index in [0.717, 1.165) is 22.3 Å². The number of nitrogens with two attached hydrogens (primary N) is 1. The molecule has 31 heavy (non-hydrogen) atoms. The average Bonchev–Trinajstić information content (AvgIpc) is 2.75. The summed E-state index contributed by atoms with van der Waals surface area (Å²) in [6.45, 7) is 5.47. The molecule has 0 aliphatic heterocycles. The smallest absolute Gasteiger partial charge is 0.141 e. The van der Waals surface area contributed by atoms with Crippen LogP contribution in [0.1, 0.15) is 42.3 Å². The van der Waals surface area contributed by atoms with Crippen LogP contribution in [-0.2, 0) is 0 Å². The standard InChI is InChI=1S/C22H22ClN7O/c1-11-17(23)7-16(13(3)30-22-19(12(2)25)21(26)28-10-29-22)20(31-4)18(11)14-5-6-15(8-24)27-9-14/h5-7,9-10,13,25H,1-4H3,(H3,26,28,29,30). The number of anilines is 2. The SMILES string of the molecule is COc1c(C(C)Nc2ncnc(N)c2C(C)=N)cc(Cl)c(C)c1-c1ccc(C#N)nc1. The number of hydrogen-bond donors (Lipinski definition) is 3. The minimum atomic E-state index is -0.287. The molecular weight excluding hydrogens is 414 g/mol. The summed E-state index contributed by atoms with van der Waals surface area (Å²) in [5.41, 5.74) is 10.2. The summed E-state index contributed by atoms with van der Waals surface area (Å²) in [6, 6.07) is 7.04. The molecule has 0 saturated carbocycles. The second-order valence-electron chi connectivity index (χ2n) is 7.00. The van der Waals surface area contributed by atoms with Crippen LogP contribution in [0.5, 0.6) is 5.75 Å². The molecule has 2 aromatic heterocycles. The van der Waals surface area contributed by atoms with E-state index in [1.807, 2.05) is 32.0 Å². The number of ether oxygens (including phenoxy) is 1. The van der Waals surface area contributed by atoms with Crippen molar-refractivity contribution in [2.45, 2.75) is 26.8 Å². The normalized spacial score (nSPS) is 11.5.